The number of fused-ring (bicyclic) bond motifs is 1. The number of carbonyl (C=O) groups excluding carboxylic acids is 1. The van der Waals surface area contributed by atoms with Gasteiger partial charge in [-0.15, -0.1) is 0 Å². The van der Waals surface area contributed by atoms with E-state index in [0.29, 0.717) is 31.3 Å². The lowest BCUT2D eigenvalue weighted by Gasteiger charge is -2.21. The summed E-state index contributed by atoms with van der Waals surface area (Å²) < 4.78 is 10.9. The molecule has 0 saturated carbocycles. The van der Waals surface area contributed by atoms with Crippen LogP contribution in [0.25, 0.3) is 0 Å². The molecule has 6 nitrogen and oxygen atoms in total. The fourth-order valence-electron chi connectivity index (χ4n) is 2.21. The van der Waals surface area contributed by atoms with Gasteiger partial charge in [0.25, 0.3) is 0 Å². The zero-order valence-electron chi connectivity index (χ0n) is 12.0. The molecule has 1 aromatic rings. The monoisotopic (exact) mass is 293 g/mol. The predicted molar refractivity (Wildman–Crippen MR) is 75.6 cm³/mol. The molecule has 0 aromatic heterocycles. The summed E-state index contributed by atoms with van der Waals surface area (Å²) in [6.45, 7) is 3.10. The van der Waals surface area contributed by atoms with Gasteiger partial charge in [0.1, 0.15) is 19.8 Å². The Morgan fingerprint density at radius 2 is 1.95 bits per heavy atom. The largest absolute Gasteiger partial charge is 0.486 e. The number of carboxylic acids is 1. The number of aliphatic carboxylic acids is 1. The van der Waals surface area contributed by atoms with E-state index in [0.717, 1.165) is 12.0 Å². The van der Waals surface area contributed by atoms with Crippen molar-refractivity contribution in [3.63, 3.8) is 0 Å². The molecule has 0 atom stereocenters. The lowest BCUT2D eigenvalue weighted by molar-refractivity contribution is -0.144. The van der Waals surface area contributed by atoms with Gasteiger partial charge in [-0.25, -0.2) is 0 Å². The van der Waals surface area contributed by atoms with Gasteiger partial charge in [-0.1, -0.05) is 13.0 Å². The van der Waals surface area contributed by atoms with E-state index in [2.05, 4.69) is 0 Å². The minimum Gasteiger partial charge on any atom is -0.486 e. The summed E-state index contributed by atoms with van der Waals surface area (Å²) in [6.07, 6.45) is 0.879. The second-order valence-corrected chi connectivity index (χ2v) is 4.86. The second kappa shape index (κ2) is 6.97. The average Bonchev–Trinajstić information content (AvgIpc) is 2.46. The Morgan fingerprint density at radius 1 is 1.24 bits per heavy atom. The third-order valence-corrected chi connectivity index (χ3v) is 3.13. The number of hydrogen-bond donors (Lipinski definition) is 1. The molecule has 114 valence electrons. The van der Waals surface area contributed by atoms with Crippen LogP contribution >= 0.6 is 0 Å². The van der Waals surface area contributed by atoms with Crippen LogP contribution in [-0.4, -0.2) is 48.2 Å². The van der Waals surface area contributed by atoms with Crippen molar-refractivity contribution >= 4 is 11.9 Å². The number of carboxylic acid groups (broad SMARTS) is 1. The fourth-order valence-corrected chi connectivity index (χ4v) is 2.21. The van der Waals surface area contributed by atoms with Crippen molar-refractivity contribution in [3.8, 4) is 11.5 Å². The van der Waals surface area contributed by atoms with Crippen LogP contribution in [0.2, 0.25) is 0 Å². The van der Waals surface area contributed by atoms with Crippen LogP contribution in [0.4, 0.5) is 0 Å². The smallest absolute Gasteiger partial charge is 0.323 e. The minimum atomic E-state index is -1.00. The van der Waals surface area contributed by atoms with Crippen LogP contribution in [0, 0.1) is 0 Å². The number of nitrogens with zero attached hydrogens (tertiary/aromatic N) is 1. The Morgan fingerprint density at radius 3 is 2.62 bits per heavy atom. The van der Waals surface area contributed by atoms with Crippen LogP contribution in [0.15, 0.2) is 18.2 Å². The summed E-state index contributed by atoms with van der Waals surface area (Å²) in [5.74, 6) is 0.107. The second-order valence-electron chi connectivity index (χ2n) is 4.86. The molecule has 0 unspecified atom stereocenters. The first-order chi connectivity index (χ1) is 10.1. The summed E-state index contributed by atoms with van der Waals surface area (Å²) >= 11 is 0. The number of rotatable bonds is 6. The SMILES string of the molecule is CCCN(CC(=O)O)C(=O)Cc1ccc2c(c1)OCCO2. The maximum Gasteiger partial charge on any atom is 0.323 e. The fraction of sp³-hybridized carbons (Fsp3) is 0.467. The van der Waals surface area contributed by atoms with Crippen LogP contribution in [0.1, 0.15) is 18.9 Å². The number of amides is 1. The van der Waals surface area contributed by atoms with E-state index >= 15 is 0 Å². The molecule has 0 spiro atoms. The normalized spacial score (nSPS) is 12.8. The van der Waals surface area contributed by atoms with E-state index < -0.39 is 5.97 Å². The molecule has 0 radical (unpaired) electrons. The highest BCUT2D eigenvalue weighted by molar-refractivity contribution is 5.83. The number of ether oxygens (including phenoxy) is 2. The highest BCUT2D eigenvalue weighted by Crippen LogP contribution is 2.30. The Balaban J connectivity index is 2.05. The van der Waals surface area contributed by atoms with Crippen LogP contribution in [0.5, 0.6) is 11.5 Å². The topological polar surface area (TPSA) is 76.1 Å². The molecule has 0 fully saturated rings. The van der Waals surface area contributed by atoms with E-state index in [-0.39, 0.29) is 18.9 Å². The van der Waals surface area contributed by atoms with Gasteiger partial charge in [0.15, 0.2) is 11.5 Å². The zero-order valence-corrected chi connectivity index (χ0v) is 12.0. The minimum absolute atomic E-state index is 0.157. The Hall–Kier alpha value is -2.24. The van der Waals surface area contributed by atoms with E-state index in [4.69, 9.17) is 14.6 Å². The van der Waals surface area contributed by atoms with Gasteiger partial charge < -0.3 is 19.5 Å². The standard InChI is InChI=1S/C15H19NO5/c1-2-5-16(10-15(18)19)14(17)9-11-3-4-12-13(8-11)21-7-6-20-12/h3-4,8H,2,5-7,9-10H2,1H3,(H,18,19). The maximum absolute atomic E-state index is 12.2. The molecule has 21 heavy (non-hydrogen) atoms. The molecule has 1 aliphatic heterocycles. The molecule has 0 aliphatic carbocycles. The Labute approximate surface area is 123 Å². The van der Waals surface area contributed by atoms with E-state index in [1.54, 1.807) is 18.2 Å². The van der Waals surface area contributed by atoms with E-state index in [1.807, 2.05) is 6.92 Å². The van der Waals surface area contributed by atoms with Gasteiger partial charge in [0.2, 0.25) is 5.91 Å². The Kier molecular flexibility index (Phi) is 5.03. The molecule has 1 aromatic carbocycles. The van der Waals surface area contributed by atoms with Gasteiger partial charge in [-0.05, 0) is 24.1 Å². The van der Waals surface area contributed by atoms with Crippen molar-refractivity contribution in [3.05, 3.63) is 23.8 Å². The van der Waals surface area contributed by atoms with Gasteiger partial charge in [0.05, 0.1) is 6.42 Å². The van der Waals surface area contributed by atoms with Crippen LogP contribution in [0.3, 0.4) is 0 Å². The third-order valence-electron chi connectivity index (χ3n) is 3.13. The maximum atomic E-state index is 12.2. The van der Waals surface area contributed by atoms with Crippen molar-refractivity contribution in [2.75, 3.05) is 26.3 Å². The first-order valence-corrected chi connectivity index (χ1v) is 6.98. The predicted octanol–water partition coefficient (Wildman–Crippen LogP) is 1.32. The van der Waals surface area contributed by atoms with Crippen molar-refractivity contribution in [1.29, 1.82) is 0 Å². The van der Waals surface area contributed by atoms with Gasteiger partial charge in [-0.2, -0.15) is 0 Å². The summed E-state index contributed by atoms with van der Waals surface area (Å²) in [5, 5.41) is 8.85. The average molecular weight is 293 g/mol. The molecular formula is C15H19NO5. The highest BCUT2D eigenvalue weighted by atomic mass is 16.6. The number of carbonyl (C=O) groups is 2. The van der Waals surface area contributed by atoms with Crippen molar-refractivity contribution in [2.24, 2.45) is 0 Å². The van der Waals surface area contributed by atoms with Crippen LogP contribution < -0.4 is 9.47 Å². The summed E-state index contributed by atoms with van der Waals surface area (Å²) in [6, 6.07) is 5.35. The summed E-state index contributed by atoms with van der Waals surface area (Å²) in [4.78, 5) is 24.4. The van der Waals surface area contributed by atoms with Gasteiger partial charge >= 0.3 is 5.97 Å². The lowest BCUT2D eigenvalue weighted by Crippen LogP contribution is -2.37. The molecular weight excluding hydrogens is 274 g/mol. The number of hydrogen-bond acceptors (Lipinski definition) is 4. The zero-order chi connectivity index (χ0) is 15.2. The molecule has 6 heteroatoms. The van der Waals surface area contributed by atoms with Crippen molar-refractivity contribution < 1.29 is 24.2 Å². The Bertz CT molecular complexity index is 529. The van der Waals surface area contributed by atoms with E-state index in [9.17, 15) is 9.59 Å². The first kappa shape index (κ1) is 15.2. The van der Waals surface area contributed by atoms with Crippen molar-refractivity contribution in [1.82, 2.24) is 4.90 Å². The molecule has 2 rings (SSSR count). The summed E-state index contributed by atoms with van der Waals surface area (Å²) in [5.41, 5.74) is 0.788. The first-order valence-electron chi connectivity index (χ1n) is 6.98. The van der Waals surface area contributed by atoms with Crippen molar-refractivity contribution in [2.45, 2.75) is 19.8 Å². The highest BCUT2D eigenvalue weighted by Gasteiger charge is 2.18. The third kappa shape index (κ3) is 4.11. The molecule has 0 saturated heterocycles. The summed E-state index contributed by atoms with van der Waals surface area (Å²) in [7, 11) is 0. The van der Waals surface area contributed by atoms with Crippen LogP contribution in [-0.2, 0) is 16.0 Å². The van der Waals surface area contributed by atoms with Gasteiger partial charge in [0, 0.05) is 6.54 Å². The number of benzene rings is 1. The van der Waals surface area contributed by atoms with Gasteiger partial charge in [-0.3, -0.25) is 9.59 Å². The quantitative estimate of drug-likeness (QED) is 0.856. The molecule has 1 heterocycles. The molecule has 1 amide bonds. The van der Waals surface area contributed by atoms with E-state index in [1.165, 1.54) is 4.90 Å². The molecule has 1 aliphatic rings. The molecule has 1 N–H and O–H groups in total. The molecule has 0 bridgehead atoms. The lowest BCUT2D eigenvalue weighted by atomic mass is 10.1.